The van der Waals surface area contributed by atoms with E-state index >= 15 is 0 Å². The maximum atomic E-state index is 13.5. The van der Waals surface area contributed by atoms with Gasteiger partial charge in [-0.1, -0.05) is 17.7 Å². The number of hydrogen-bond acceptors (Lipinski definition) is 2. The molecule has 0 saturated carbocycles. The zero-order chi connectivity index (χ0) is 17.0. The van der Waals surface area contributed by atoms with E-state index in [9.17, 15) is 14.0 Å². The Morgan fingerprint density at radius 2 is 1.78 bits per heavy atom. The summed E-state index contributed by atoms with van der Waals surface area (Å²) in [5.41, 5.74) is 1.23. The largest absolute Gasteiger partial charge is 0.341 e. The first-order chi connectivity index (χ1) is 10.9. The van der Waals surface area contributed by atoms with E-state index in [2.05, 4.69) is 10.6 Å². The molecule has 1 unspecified atom stereocenters. The van der Waals surface area contributed by atoms with Gasteiger partial charge in [-0.15, -0.1) is 0 Å². The molecule has 120 valence electrons. The number of carbonyl (C=O) groups excluding carboxylic acids is 2. The van der Waals surface area contributed by atoms with Crippen molar-refractivity contribution in [1.82, 2.24) is 5.32 Å². The molecule has 0 aliphatic carbocycles. The Labute approximate surface area is 138 Å². The maximum Gasteiger partial charge on any atom is 0.251 e. The summed E-state index contributed by atoms with van der Waals surface area (Å²) in [5, 5.41) is 5.66. The minimum absolute atomic E-state index is 0.339. The summed E-state index contributed by atoms with van der Waals surface area (Å²) in [4.78, 5) is 24.1. The van der Waals surface area contributed by atoms with Crippen molar-refractivity contribution in [2.75, 3.05) is 5.32 Å². The number of aryl methyl sites for hydroxylation is 1. The van der Waals surface area contributed by atoms with Gasteiger partial charge in [-0.3, -0.25) is 9.59 Å². The maximum absolute atomic E-state index is 13.5. The molecule has 0 spiro atoms. The lowest BCUT2D eigenvalue weighted by atomic mass is 10.2. The Morgan fingerprint density at radius 3 is 2.39 bits per heavy atom. The summed E-state index contributed by atoms with van der Waals surface area (Å²) < 4.78 is 13.5. The number of amides is 2. The van der Waals surface area contributed by atoms with Crippen molar-refractivity contribution >= 4 is 29.1 Å². The van der Waals surface area contributed by atoms with Crippen molar-refractivity contribution < 1.29 is 14.0 Å². The number of rotatable bonds is 4. The van der Waals surface area contributed by atoms with E-state index < -0.39 is 17.8 Å². The van der Waals surface area contributed by atoms with Gasteiger partial charge in [0.1, 0.15) is 11.9 Å². The van der Waals surface area contributed by atoms with Crippen molar-refractivity contribution in [1.29, 1.82) is 0 Å². The molecule has 2 aromatic carbocycles. The summed E-state index contributed by atoms with van der Waals surface area (Å²) in [6, 6.07) is 9.96. The van der Waals surface area contributed by atoms with E-state index in [0.717, 1.165) is 0 Å². The first kappa shape index (κ1) is 17.0. The highest BCUT2D eigenvalue weighted by Crippen LogP contribution is 2.14. The normalized spacial score (nSPS) is 11.7. The molecule has 2 amide bonds. The van der Waals surface area contributed by atoms with Crippen LogP contribution in [-0.2, 0) is 4.79 Å². The number of nitrogens with one attached hydrogen (secondary N) is 2. The molecule has 0 heterocycles. The molecule has 2 aromatic rings. The first-order valence-electron chi connectivity index (χ1n) is 7.00. The zero-order valence-corrected chi connectivity index (χ0v) is 13.4. The Hall–Kier alpha value is -2.40. The van der Waals surface area contributed by atoms with Crippen molar-refractivity contribution in [2.24, 2.45) is 0 Å². The van der Waals surface area contributed by atoms with Gasteiger partial charge in [-0.25, -0.2) is 4.39 Å². The predicted molar refractivity (Wildman–Crippen MR) is 88.1 cm³/mol. The zero-order valence-electron chi connectivity index (χ0n) is 12.7. The van der Waals surface area contributed by atoms with E-state index in [1.807, 2.05) is 0 Å². The van der Waals surface area contributed by atoms with Gasteiger partial charge in [-0.2, -0.15) is 0 Å². The topological polar surface area (TPSA) is 58.2 Å². The highest BCUT2D eigenvalue weighted by atomic mass is 35.5. The predicted octanol–water partition coefficient (Wildman–Crippen LogP) is 3.54. The van der Waals surface area contributed by atoms with Crippen LogP contribution in [0.4, 0.5) is 10.1 Å². The highest BCUT2D eigenvalue weighted by molar-refractivity contribution is 6.30. The average molecular weight is 335 g/mol. The lowest BCUT2D eigenvalue weighted by molar-refractivity contribution is -0.117. The average Bonchev–Trinajstić information content (AvgIpc) is 2.51. The van der Waals surface area contributed by atoms with Crippen molar-refractivity contribution in [3.8, 4) is 0 Å². The molecular weight excluding hydrogens is 319 g/mol. The van der Waals surface area contributed by atoms with Gasteiger partial charge in [0.2, 0.25) is 5.91 Å². The SMILES string of the molecule is Cc1ccc(NC(=O)C(C)NC(=O)c2ccc(Cl)cc2)cc1F. The summed E-state index contributed by atoms with van der Waals surface area (Å²) in [6.07, 6.45) is 0. The third-order valence-corrected chi connectivity index (χ3v) is 3.54. The van der Waals surface area contributed by atoms with E-state index in [4.69, 9.17) is 11.6 Å². The molecule has 0 bridgehead atoms. The van der Waals surface area contributed by atoms with Crippen LogP contribution < -0.4 is 10.6 Å². The summed E-state index contributed by atoms with van der Waals surface area (Å²) in [7, 11) is 0. The molecule has 0 radical (unpaired) electrons. The van der Waals surface area contributed by atoms with E-state index in [1.165, 1.54) is 6.07 Å². The van der Waals surface area contributed by atoms with Gasteiger partial charge >= 0.3 is 0 Å². The van der Waals surface area contributed by atoms with Crippen molar-refractivity contribution in [2.45, 2.75) is 19.9 Å². The van der Waals surface area contributed by atoms with Crippen molar-refractivity contribution in [3.63, 3.8) is 0 Å². The molecule has 2 N–H and O–H groups in total. The third kappa shape index (κ3) is 4.53. The fraction of sp³-hybridized carbons (Fsp3) is 0.176. The van der Waals surface area contributed by atoms with Crippen LogP contribution in [0.5, 0.6) is 0 Å². The Bertz CT molecular complexity index is 732. The van der Waals surface area contributed by atoms with Crippen LogP contribution in [0.2, 0.25) is 5.02 Å². The Morgan fingerprint density at radius 1 is 1.13 bits per heavy atom. The first-order valence-corrected chi connectivity index (χ1v) is 7.38. The van der Waals surface area contributed by atoms with Crippen LogP contribution >= 0.6 is 11.6 Å². The minimum atomic E-state index is -0.775. The molecule has 1 atom stereocenters. The second-order valence-corrected chi connectivity index (χ2v) is 5.59. The highest BCUT2D eigenvalue weighted by Gasteiger charge is 2.17. The molecule has 0 fully saturated rings. The minimum Gasteiger partial charge on any atom is -0.341 e. The lowest BCUT2D eigenvalue weighted by Gasteiger charge is -2.14. The second-order valence-electron chi connectivity index (χ2n) is 5.16. The fourth-order valence-corrected chi connectivity index (χ4v) is 1.99. The lowest BCUT2D eigenvalue weighted by Crippen LogP contribution is -2.41. The molecule has 0 aliphatic rings. The van der Waals surface area contributed by atoms with Crippen LogP contribution in [0.1, 0.15) is 22.8 Å². The van der Waals surface area contributed by atoms with E-state index in [0.29, 0.717) is 21.8 Å². The van der Waals surface area contributed by atoms with Crippen molar-refractivity contribution in [3.05, 3.63) is 64.4 Å². The van der Waals surface area contributed by atoms with E-state index in [-0.39, 0.29) is 5.91 Å². The molecule has 4 nitrogen and oxygen atoms in total. The summed E-state index contributed by atoms with van der Waals surface area (Å²) in [5.74, 6) is -1.23. The Balaban J connectivity index is 1.97. The van der Waals surface area contributed by atoms with Gasteiger partial charge in [0.25, 0.3) is 5.91 Å². The fourth-order valence-electron chi connectivity index (χ4n) is 1.87. The van der Waals surface area contributed by atoms with E-state index in [1.54, 1.807) is 50.2 Å². The summed E-state index contributed by atoms with van der Waals surface area (Å²) in [6.45, 7) is 3.18. The molecular formula is C17H16ClFN2O2. The second kappa shape index (κ2) is 7.24. The van der Waals surface area contributed by atoms with Gasteiger partial charge < -0.3 is 10.6 Å². The molecule has 0 aliphatic heterocycles. The molecule has 0 aromatic heterocycles. The molecule has 23 heavy (non-hydrogen) atoms. The van der Waals surface area contributed by atoms with Gasteiger partial charge in [0.15, 0.2) is 0 Å². The number of anilines is 1. The smallest absolute Gasteiger partial charge is 0.251 e. The van der Waals surface area contributed by atoms with Crippen LogP contribution in [0.15, 0.2) is 42.5 Å². The van der Waals surface area contributed by atoms with Crippen LogP contribution in [0.3, 0.4) is 0 Å². The molecule has 2 rings (SSSR count). The Kier molecular flexibility index (Phi) is 5.34. The van der Waals surface area contributed by atoms with Gasteiger partial charge in [0, 0.05) is 16.3 Å². The van der Waals surface area contributed by atoms with Crippen LogP contribution in [0, 0.1) is 12.7 Å². The summed E-state index contributed by atoms with van der Waals surface area (Å²) >= 11 is 5.76. The van der Waals surface area contributed by atoms with Crippen LogP contribution in [-0.4, -0.2) is 17.9 Å². The molecule has 6 heteroatoms. The van der Waals surface area contributed by atoms with Gasteiger partial charge in [0.05, 0.1) is 0 Å². The monoisotopic (exact) mass is 334 g/mol. The van der Waals surface area contributed by atoms with Gasteiger partial charge in [-0.05, 0) is 55.8 Å². The molecule has 0 saturated heterocycles. The van der Waals surface area contributed by atoms with Crippen LogP contribution in [0.25, 0.3) is 0 Å². The number of carbonyl (C=O) groups is 2. The number of halogens is 2. The third-order valence-electron chi connectivity index (χ3n) is 3.29. The quantitative estimate of drug-likeness (QED) is 0.898. The number of benzene rings is 2. The standard InChI is InChI=1S/C17H16ClFN2O2/c1-10-3-8-14(9-15(10)19)21-16(22)11(2)20-17(23)12-4-6-13(18)7-5-12/h3-9,11H,1-2H3,(H,20,23)(H,21,22). The number of hydrogen-bond donors (Lipinski definition) is 2.